The first-order chi connectivity index (χ1) is 16.1. The Balaban J connectivity index is 1.40. The molecular formula is C29H40N2O3. The number of carbonyl (C=O) groups is 3. The second kappa shape index (κ2) is 8.49. The Morgan fingerprint density at radius 2 is 1.68 bits per heavy atom. The molecule has 1 aliphatic heterocycles. The Bertz CT molecular complexity index is 988. The maximum atomic E-state index is 13.2. The van der Waals surface area contributed by atoms with E-state index in [1.165, 1.54) is 32.1 Å². The monoisotopic (exact) mass is 464 g/mol. The van der Waals surface area contributed by atoms with Crippen LogP contribution in [0.2, 0.25) is 0 Å². The van der Waals surface area contributed by atoms with E-state index in [0.717, 1.165) is 30.9 Å². The van der Waals surface area contributed by atoms with Gasteiger partial charge in [0.2, 0.25) is 11.8 Å². The Morgan fingerprint density at radius 3 is 2.35 bits per heavy atom. The van der Waals surface area contributed by atoms with Gasteiger partial charge in [-0.1, -0.05) is 13.8 Å². The summed E-state index contributed by atoms with van der Waals surface area (Å²) in [5.41, 5.74) is 7.57. The number of carbonyl (C=O) groups excluding carboxylic acids is 3. The summed E-state index contributed by atoms with van der Waals surface area (Å²) in [5, 5.41) is 0. The van der Waals surface area contributed by atoms with E-state index >= 15 is 0 Å². The van der Waals surface area contributed by atoms with Crippen molar-refractivity contribution in [3.8, 4) is 0 Å². The zero-order valence-corrected chi connectivity index (χ0v) is 21.0. The van der Waals surface area contributed by atoms with Gasteiger partial charge in [-0.25, -0.2) is 0 Å². The summed E-state index contributed by atoms with van der Waals surface area (Å²) in [4.78, 5) is 38.5. The minimum Gasteiger partial charge on any atom is -0.370 e. The van der Waals surface area contributed by atoms with Crippen LogP contribution < -0.4 is 10.6 Å². The molecule has 1 heterocycles. The van der Waals surface area contributed by atoms with Gasteiger partial charge >= 0.3 is 0 Å². The number of amides is 2. The van der Waals surface area contributed by atoms with Crippen molar-refractivity contribution in [2.24, 2.45) is 40.2 Å². The van der Waals surface area contributed by atoms with E-state index in [1.807, 2.05) is 24.3 Å². The van der Waals surface area contributed by atoms with Crippen molar-refractivity contribution in [1.29, 1.82) is 0 Å². The van der Waals surface area contributed by atoms with E-state index in [4.69, 9.17) is 5.73 Å². The fourth-order valence-electron chi connectivity index (χ4n) is 8.96. The van der Waals surface area contributed by atoms with Gasteiger partial charge in [0.05, 0.1) is 0 Å². The molecule has 1 saturated heterocycles. The number of Topliss-reactive ketones (excluding diaryl/α,β-unsaturated/α-hetero) is 1. The van der Waals surface area contributed by atoms with E-state index in [0.29, 0.717) is 41.6 Å². The Kier molecular flexibility index (Phi) is 5.89. The van der Waals surface area contributed by atoms with E-state index in [9.17, 15) is 14.4 Å². The number of nitrogens with two attached hydrogens (primary N) is 1. The average Bonchev–Trinajstić information content (AvgIpc) is 3.14. The fraction of sp³-hybridized carbons (Fsp3) is 0.690. The third kappa shape index (κ3) is 3.61. The van der Waals surface area contributed by atoms with Crippen LogP contribution in [-0.2, 0) is 9.59 Å². The van der Waals surface area contributed by atoms with Crippen molar-refractivity contribution in [2.45, 2.75) is 91.0 Å². The van der Waals surface area contributed by atoms with Crippen LogP contribution in [0.15, 0.2) is 24.3 Å². The van der Waals surface area contributed by atoms with E-state index in [1.54, 1.807) is 6.92 Å². The van der Waals surface area contributed by atoms with Gasteiger partial charge in [0, 0.05) is 30.1 Å². The predicted molar refractivity (Wildman–Crippen MR) is 133 cm³/mol. The highest BCUT2D eigenvalue weighted by molar-refractivity contribution is 5.97. The third-order valence-electron chi connectivity index (χ3n) is 10.8. The normalized spacial score (nSPS) is 39.2. The molecule has 184 valence electrons. The van der Waals surface area contributed by atoms with Crippen LogP contribution in [0.4, 0.5) is 5.69 Å². The maximum Gasteiger partial charge on any atom is 0.227 e. The Labute approximate surface area is 203 Å². The lowest BCUT2D eigenvalue weighted by molar-refractivity contribution is -0.131. The van der Waals surface area contributed by atoms with E-state index in [2.05, 4.69) is 18.7 Å². The van der Waals surface area contributed by atoms with Crippen LogP contribution in [0.1, 0.15) is 95.3 Å². The summed E-state index contributed by atoms with van der Waals surface area (Å²) >= 11 is 0. The average molecular weight is 465 g/mol. The summed E-state index contributed by atoms with van der Waals surface area (Å²) in [6, 6.07) is 7.88. The van der Waals surface area contributed by atoms with E-state index in [-0.39, 0.29) is 29.1 Å². The highest BCUT2D eigenvalue weighted by Crippen LogP contribution is 2.66. The highest BCUT2D eigenvalue weighted by Gasteiger charge is 2.61. The number of ketones is 1. The second-order valence-electron chi connectivity index (χ2n) is 12.2. The van der Waals surface area contributed by atoms with Crippen LogP contribution in [-0.4, -0.2) is 23.6 Å². The molecule has 0 unspecified atom stereocenters. The molecule has 5 nitrogen and oxygen atoms in total. The number of rotatable bonds is 5. The van der Waals surface area contributed by atoms with Crippen LogP contribution in [0.25, 0.3) is 0 Å². The minimum absolute atomic E-state index is 0.0535. The molecule has 0 radical (unpaired) electrons. The molecule has 2 amide bonds. The van der Waals surface area contributed by atoms with Gasteiger partial charge in [0.1, 0.15) is 0 Å². The molecule has 4 aliphatic rings. The number of hydrogen-bond donors (Lipinski definition) is 1. The summed E-state index contributed by atoms with van der Waals surface area (Å²) in [7, 11) is 0. The van der Waals surface area contributed by atoms with Crippen molar-refractivity contribution in [3.63, 3.8) is 0 Å². The number of hydrogen-bond acceptors (Lipinski definition) is 3. The first kappa shape index (κ1) is 23.6. The minimum atomic E-state index is -0.169. The molecule has 4 fully saturated rings. The zero-order chi connectivity index (χ0) is 24.3. The number of primary amides is 1. The number of fused-ring (bicyclic) bond motifs is 5. The first-order valence-corrected chi connectivity index (χ1v) is 13.4. The molecular weight excluding hydrogens is 424 g/mol. The molecule has 3 aliphatic carbocycles. The van der Waals surface area contributed by atoms with Gasteiger partial charge in [-0.3, -0.25) is 14.4 Å². The lowest BCUT2D eigenvalue weighted by atomic mass is 9.46. The molecule has 1 aromatic carbocycles. The number of piperidine rings is 1. The SMILES string of the molecule is CC(=O)c1ccc(N2C(=O)CC[C@]3(C)[C@H]4CC[C@]5(C)[C@@H](CCC(N)=O)CC[C@H]5[C@@H]4CC[C@@H]23)cc1. The third-order valence-corrected chi connectivity index (χ3v) is 10.8. The number of benzene rings is 1. The van der Waals surface area contributed by atoms with Gasteiger partial charge < -0.3 is 10.6 Å². The van der Waals surface area contributed by atoms with Crippen LogP contribution >= 0.6 is 0 Å². The van der Waals surface area contributed by atoms with Gasteiger partial charge in [0.25, 0.3) is 0 Å². The Hall–Kier alpha value is -2.17. The zero-order valence-electron chi connectivity index (χ0n) is 21.0. The summed E-state index contributed by atoms with van der Waals surface area (Å²) in [6.07, 6.45) is 10.2. The van der Waals surface area contributed by atoms with E-state index < -0.39 is 0 Å². The molecule has 5 rings (SSSR count). The molecule has 1 aromatic rings. The van der Waals surface area contributed by atoms with Gasteiger partial charge in [-0.15, -0.1) is 0 Å². The number of nitrogens with zero attached hydrogens (tertiary/aromatic N) is 1. The number of anilines is 1. The van der Waals surface area contributed by atoms with Gasteiger partial charge in [-0.05, 0) is 117 Å². The molecule has 34 heavy (non-hydrogen) atoms. The molecule has 0 bridgehead atoms. The molecule has 2 N–H and O–H groups in total. The molecule has 7 atom stereocenters. The van der Waals surface area contributed by atoms with Crippen LogP contribution in [0.3, 0.4) is 0 Å². The van der Waals surface area contributed by atoms with Crippen LogP contribution in [0.5, 0.6) is 0 Å². The molecule has 3 saturated carbocycles. The topological polar surface area (TPSA) is 80.5 Å². The largest absolute Gasteiger partial charge is 0.370 e. The summed E-state index contributed by atoms with van der Waals surface area (Å²) < 4.78 is 0. The Morgan fingerprint density at radius 1 is 0.971 bits per heavy atom. The molecule has 5 heteroatoms. The van der Waals surface area contributed by atoms with Crippen molar-refractivity contribution in [2.75, 3.05) is 4.90 Å². The lowest BCUT2D eigenvalue weighted by Crippen LogP contribution is -2.62. The standard InChI is InChI=1S/C29H40N2O3/c1-18(32)19-4-8-21(9-5-19)31-25-12-10-22-23-11-6-20(7-13-26(30)33)28(23,2)16-14-24(22)29(25,3)17-15-27(31)34/h4-5,8-9,20,22-25H,6-7,10-17H2,1-3H3,(H2,30,33)/t20-,22+,23+,24+,25-,28-,29-/m1/s1. The highest BCUT2D eigenvalue weighted by atomic mass is 16.2. The maximum absolute atomic E-state index is 13.2. The first-order valence-electron chi connectivity index (χ1n) is 13.4. The lowest BCUT2D eigenvalue weighted by Gasteiger charge is -2.62. The predicted octanol–water partition coefficient (Wildman–Crippen LogP) is 5.51. The van der Waals surface area contributed by atoms with Crippen molar-refractivity contribution < 1.29 is 14.4 Å². The van der Waals surface area contributed by atoms with Gasteiger partial charge in [0.15, 0.2) is 5.78 Å². The van der Waals surface area contributed by atoms with Crippen molar-refractivity contribution in [3.05, 3.63) is 29.8 Å². The summed E-state index contributed by atoms with van der Waals surface area (Å²) in [6.45, 7) is 6.53. The summed E-state index contributed by atoms with van der Waals surface area (Å²) in [5.74, 6) is 2.81. The van der Waals surface area contributed by atoms with Crippen molar-refractivity contribution >= 4 is 23.3 Å². The molecule has 0 spiro atoms. The fourth-order valence-corrected chi connectivity index (χ4v) is 8.96. The molecule has 0 aromatic heterocycles. The van der Waals surface area contributed by atoms with Crippen molar-refractivity contribution in [1.82, 2.24) is 0 Å². The van der Waals surface area contributed by atoms with Crippen LogP contribution in [0, 0.1) is 34.5 Å². The smallest absolute Gasteiger partial charge is 0.227 e. The van der Waals surface area contributed by atoms with Gasteiger partial charge in [-0.2, -0.15) is 0 Å². The second-order valence-corrected chi connectivity index (χ2v) is 12.2. The quantitative estimate of drug-likeness (QED) is 0.584.